The molecule has 2 nitrogen and oxygen atoms in total. The van der Waals surface area contributed by atoms with Gasteiger partial charge in [0, 0.05) is 5.66 Å². The molecule has 86 valence electrons. The number of hydrogen-bond donors (Lipinski definition) is 2. The van der Waals surface area contributed by atoms with E-state index < -0.39 is 8.38 Å². The third-order valence-corrected chi connectivity index (χ3v) is 6.29. The Labute approximate surface area is 93.0 Å². The zero-order valence-electron chi connectivity index (χ0n) is 9.34. The van der Waals surface area contributed by atoms with Gasteiger partial charge in [0.15, 0.2) is 8.38 Å². The first-order valence-corrected chi connectivity index (χ1v) is 7.63. The fourth-order valence-corrected chi connectivity index (χ4v) is 5.70. The molecule has 4 bridgehead atoms. The second-order valence-electron chi connectivity index (χ2n) is 6.07. The Balaban J connectivity index is 1.80. The Morgan fingerprint density at radius 2 is 1.40 bits per heavy atom. The van der Waals surface area contributed by atoms with Crippen molar-refractivity contribution in [2.75, 3.05) is 0 Å². The minimum Gasteiger partial charge on any atom is -0.350 e. The highest BCUT2D eigenvalue weighted by Gasteiger charge is 2.50. The van der Waals surface area contributed by atoms with Crippen molar-refractivity contribution in [3.63, 3.8) is 0 Å². The number of rotatable bonds is 2. The molecule has 0 aliphatic heterocycles. The zero-order valence-corrected chi connectivity index (χ0v) is 10.2. The van der Waals surface area contributed by atoms with Crippen LogP contribution in [-0.4, -0.2) is 15.4 Å². The molecule has 1 atom stereocenters. The Hall–Kier alpha value is 0.350. The van der Waals surface area contributed by atoms with E-state index in [2.05, 4.69) is 6.92 Å². The van der Waals surface area contributed by atoms with Gasteiger partial charge in [-0.2, -0.15) is 0 Å². The van der Waals surface area contributed by atoms with Crippen LogP contribution >= 0.6 is 8.38 Å². The van der Waals surface area contributed by atoms with Gasteiger partial charge in [-0.1, -0.05) is 6.92 Å². The Morgan fingerprint density at radius 1 is 0.933 bits per heavy atom. The van der Waals surface area contributed by atoms with Crippen LogP contribution in [0.5, 0.6) is 0 Å². The van der Waals surface area contributed by atoms with Crippen LogP contribution in [0.15, 0.2) is 0 Å². The van der Waals surface area contributed by atoms with Crippen LogP contribution in [0.2, 0.25) is 0 Å². The van der Waals surface area contributed by atoms with Gasteiger partial charge in [-0.25, -0.2) is 0 Å². The maximum atomic E-state index is 9.43. The molecular formula is C12H21O2P. The van der Waals surface area contributed by atoms with Crippen molar-refractivity contribution in [1.29, 1.82) is 0 Å². The van der Waals surface area contributed by atoms with Gasteiger partial charge < -0.3 is 9.79 Å². The number of hydrogen-bond acceptors (Lipinski definition) is 2. The average Bonchev–Trinajstić information content (AvgIpc) is 2.15. The summed E-state index contributed by atoms with van der Waals surface area (Å²) < 4.78 is 0. The molecule has 0 aromatic rings. The van der Waals surface area contributed by atoms with Gasteiger partial charge >= 0.3 is 0 Å². The van der Waals surface area contributed by atoms with E-state index in [0.29, 0.717) is 5.92 Å². The lowest BCUT2D eigenvalue weighted by Gasteiger charge is -2.56. The van der Waals surface area contributed by atoms with Crippen LogP contribution in [-0.2, 0) is 0 Å². The van der Waals surface area contributed by atoms with E-state index in [-0.39, 0.29) is 5.66 Å². The minimum absolute atomic E-state index is 0.148. The van der Waals surface area contributed by atoms with Crippen LogP contribution in [0.3, 0.4) is 0 Å². The van der Waals surface area contributed by atoms with Crippen LogP contribution in [0.25, 0.3) is 0 Å². The van der Waals surface area contributed by atoms with E-state index >= 15 is 0 Å². The molecule has 0 spiro atoms. The standard InChI is InChI=1S/C12H21O2P/c1-7(15(13)14)12-10-3-8-2-9(5-10)6-11(12)4-8/h7-14H,2-6H2,1H3. The highest BCUT2D eigenvalue weighted by molar-refractivity contribution is 7.45. The van der Waals surface area contributed by atoms with Gasteiger partial charge in [0.25, 0.3) is 0 Å². The molecule has 0 amide bonds. The molecule has 4 aliphatic rings. The summed E-state index contributed by atoms with van der Waals surface area (Å²) >= 11 is 0. The van der Waals surface area contributed by atoms with Crippen molar-refractivity contribution in [2.45, 2.75) is 44.7 Å². The topological polar surface area (TPSA) is 40.5 Å². The van der Waals surface area contributed by atoms with Crippen molar-refractivity contribution >= 4 is 8.38 Å². The molecular weight excluding hydrogens is 207 g/mol. The smallest absolute Gasteiger partial charge is 0.168 e. The molecule has 0 radical (unpaired) electrons. The maximum Gasteiger partial charge on any atom is 0.168 e. The van der Waals surface area contributed by atoms with E-state index in [1.165, 1.54) is 32.1 Å². The van der Waals surface area contributed by atoms with Crippen LogP contribution in [0.4, 0.5) is 0 Å². The highest BCUT2D eigenvalue weighted by atomic mass is 31.2. The lowest BCUT2D eigenvalue weighted by Crippen LogP contribution is -2.48. The van der Waals surface area contributed by atoms with E-state index in [4.69, 9.17) is 0 Å². The first-order valence-electron chi connectivity index (χ1n) is 6.32. The quantitative estimate of drug-likeness (QED) is 0.713. The highest BCUT2D eigenvalue weighted by Crippen LogP contribution is 2.60. The van der Waals surface area contributed by atoms with Crippen LogP contribution in [0, 0.1) is 29.6 Å². The Bertz CT molecular complexity index is 226. The molecule has 3 heteroatoms. The molecule has 0 heterocycles. The van der Waals surface area contributed by atoms with Crippen molar-refractivity contribution in [2.24, 2.45) is 29.6 Å². The van der Waals surface area contributed by atoms with Crippen molar-refractivity contribution in [1.82, 2.24) is 0 Å². The molecule has 2 N–H and O–H groups in total. The lowest BCUT2D eigenvalue weighted by molar-refractivity contribution is -0.0372. The average molecular weight is 228 g/mol. The van der Waals surface area contributed by atoms with Gasteiger partial charge in [-0.3, -0.25) is 0 Å². The van der Waals surface area contributed by atoms with E-state index in [0.717, 1.165) is 23.7 Å². The summed E-state index contributed by atoms with van der Waals surface area (Å²) in [4.78, 5) is 18.9. The van der Waals surface area contributed by atoms with Gasteiger partial charge in [0.1, 0.15) is 0 Å². The third kappa shape index (κ3) is 1.66. The molecule has 4 saturated carbocycles. The Morgan fingerprint density at radius 3 is 1.80 bits per heavy atom. The molecule has 0 aromatic heterocycles. The molecule has 15 heavy (non-hydrogen) atoms. The largest absolute Gasteiger partial charge is 0.350 e. The van der Waals surface area contributed by atoms with Gasteiger partial charge in [0.2, 0.25) is 0 Å². The second-order valence-corrected chi connectivity index (χ2v) is 7.52. The summed E-state index contributed by atoms with van der Waals surface area (Å²) in [5, 5.41) is 0. The normalized spacial score (nSPS) is 50.0. The molecule has 0 saturated heterocycles. The third-order valence-electron chi connectivity index (χ3n) is 5.22. The molecule has 4 fully saturated rings. The molecule has 1 unspecified atom stereocenters. The van der Waals surface area contributed by atoms with E-state index in [1.54, 1.807) is 0 Å². The predicted octanol–water partition coefficient (Wildman–Crippen LogP) is 2.74. The van der Waals surface area contributed by atoms with Gasteiger partial charge in [0.05, 0.1) is 0 Å². The summed E-state index contributed by atoms with van der Waals surface area (Å²) in [6.07, 6.45) is 6.99. The fourth-order valence-electron chi connectivity index (χ4n) is 4.91. The first-order chi connectivity index (χ1) is 7.15. The van der Waals surface area contributed by atoms with Crippen LogP contribution < -0.4 is 0 Å². The summed E-state index contributed by atoms with van der Waals surface area (Å²) in [6, 6.07) is 0. The molecule has 4 rings (SSSR count). The Kier molecular flexibility index (Phi) is 2.58. The van der Waals surface area contributed by atoms with Gasteiger partial charge in [-0.05, 0) is 61.7 Å². The fraction of sp³-hybridized carbons (Fsp3) is 1.00. The lowest BCUT2D eigenvalue weighted by atomic mass is 9.51. The van der Waals surface area contributed by atoms with Gasteiger partial charge in [-0.15, -0.1) is 0 Å². The zero-order chi connectivity index (χ0) is 10.6. The summed E-state index contributed by atoms with van der Waals surface area (Å²) in [6.45, 7) is 2.05. The monoisotopic (exact) mass is 228 g/mol. The van der Waals surface area contributed by atoms with E-state index in [1.807, 2.05) is 0 Å². The summed E-state index contributed by atoms with van der Waals surface area (Å²) in [5.74, 6) is 4.24. The SMILES string of the molecule is CC(C1C2CC3CC(C2)CC1C3)P(O)O. The molecule has 4 aliphatic carbocycles. The van der Waals surface area contributed by atoms with Crippen molar-refractivity contribution in [3.05, 3.63) is 0 Å². The van der Waals surface area contributed by atoms with Crippen molar-refractivity contribution in [3.8, 4) is 0 Å². The summed E-state index contributed by atoms with van der Waals surface area (Å²) in [7, 11) is -1.71. The minimum atomic E-state index is -1.71. The second kappa shape index (κ2) is 3.68. The first kappa shape index (κ1) is 10.5. The maximum absolute atomic E-state index is 9.43. The summed E-state index contributed by atoms with van der Waals surface area (Å²) in [5.41, 5.74) is 0.148. The molecule has 0 aromatic carbocycles. The van der Waals surface area contributed by atoms with E-state index in [9.17, 15) is 9.79 Å². The predicted molar refractivity (Wildman–Crippen MR) is 61.4 cm³/mol. The van der Waals surface area contributed by atoms with Crippen molar-refractivity contribution < 1.29 is 9.79 Å². The van der Waals surface area contributed by atoms with Crippen LogP contribution in [0.1, 0.15) is 39.0 Å².